The number of hydrogen-bond donors (Lipinski definition) is 1. The highest BCUT2D eigenvalue weighted by Crippen LogP contribution is 2.17. The Labute approximate surface area is 165 Å². The van der Waals surface area contributed by atoms with E-state index in [1.54, 1.807) is 0 Å². The molecule has 5 nitrogen and oxygen atoms in total. The Bertz CT molecular complexity index is 865. The van der Waals surface area contributed by atoms with Crippen LogP contribution in [0.5, 0.6) is 0 Å². The molecular formula is C20H25F2N3O2S. The highest BCUT2D eigenvalue weighted by atomic mass is 32.2. The van der Waals surface area contributed by atoms with Crippen LogP contribution in [0.4, 0.5) is 14.5 Å². The van der Waals surface area contributed by atoms with Crippen LogP contribution in [0.25, 0.3) is 0 Å². The van der Waals surface area contributed by atoms with E-state index in [0.717, 1.165) is 38.3 Å². The third-order valence-corrected chi connectivity index (χ3v) is 6.33. The second kappa shape index (κ2) is 8.98. The van der Waals surface area contributed by atoms with Crippen LogP contribution in [0.3, 0.4) is 0 Å². The van der Waals surface area contributed by atoms with E-state index in [0.29, 0.717) is 0 Å². The van der Waals surface area contributed by atoms with E-state index >= 15 is 0 Å². The van der Waals surface area contributed by atoms with Gasteiger partial charge in [0.25, 0.3) is 0 Å². The maximum absolute atomic E-state index is 13.7. The number of nitrogens with one attached hydrogen (secondary N) is 1. The summed E-state index contributed by atoms with van der Waals surface area (Å²) in [6.07, 6.45) is 0. The summed E-state index contributed by atoms with van der Waals surface area (Å²) >= 11 is 0. The molecule has 0 amide bonds. The molecule has 2 aromatic rings. The average Bonchev–Trinajstić information content (AvgIpc) is 2.70. The number of piperazine rings is 1. The van der Waals surface area contributed by atoms with E-state index in [1.165, 1.54) is 11.8 Å². The molecule has 8 heteroatoms. The fraction of sp³-hybridized carbons (Fsp3) is 0.400. The molecule has 1 aliphatic rings. The lowest BCUT2D eigenvalue weighted by Gasteiger charge is -2.39. The number of para-hydroxylation sites is 1. The van der Waals surface area contributed by atoms with Crippen LogP contribution >= 0.6 is 0 Å². The Morgan fingerprint density at radius 1 is 0.964 bits per heavy atom. The summed E-state index contributed by atoms with van der Waals surface area (Å²) in [5.74, 6) is -2.41. The van der Waals surface area contributed by atoms with Crippen LogP contribution in [-0.2, 0) is 15.8 Å². The second-order valence-electron chi connectivity index (χ2n) is 7.02. The van der Waals surface area contributed by atoms with Gasteiger partial charge in [-0.2, -0.15) is 0 Å². The third-order valence-electron chi connectivity index (χ3n) is 5.05. The fourth-order valence-corrected chi connectivity index (χ4v) is 4.60. The topological polar surface area (TPSA) is 52.7 Å². The maximum atomic E-state index is 13.7. The minimum atomic E-state index is -3.83. The molecular weight excluding hydrogens is 384 g/mol. The lowest BCUT2D eigenvalue weighted by molar-refractivity contribution is 0.198. The summed E-state index contributed by atoms with van der Waals surface area (Å²) < 4.78 is 54.4. The number of nitrogens with zero attached hydrogens (tertiary/aromatic N) is 2. The molecule has 0 bridgehead atoms. The zero-order chi connectivity index (χ0) is 20.1. The summed E-state index contributed by atoms with van der Waals surface area (Å²) in [6.45, 7) is 5.51. The van der Waals surface area contributed by atoms with Crippen molar-refractivity contribution in [2.24, 2.45) is 0 Å². The molecule has 1 aliphatic heterocycles. The van der Waals surface area contributed by atoms with Crippen LogP contribution in [0, 0.1) is 11.6 Å². The van der Waals surface area contributed by atoms with Gasteiger partial charge in [-0.05, 0) is 31.2 Å². The first-order valence-corrected chi connectivity index (χ1v) is 11.0. The fourth-order valence-electron chi connectivity index (χ4n) is 3.35. The van der Waals surface area contributed by atoms with Gasteiger partial charge < -0.3 is 4.90 Å². The number of benzene rings is 2. The van der Waals surface area contributed by atoms with E-state index in [2.05, 4.69) is 26.7 Å². The number of halogens is 2. The predicted molar refractivity (Wildman–Crippen MR) is 107 cm³/mol. The first-order chi connectivity index (χ1) is 13.4. The molecule has 152 valence electrons. The summed E-state index contributed by atoms with van der Waals surface area (Å²) in [6, 6.07) is 13.5. The van der Waals surface area contributed by atoms with Crippen LogP contribution in [0.15, 0.2) is 48.5 Å². The molecule has 1 fully saturated rings. The number of anilines is 1. The molecule has 1 N–H and O–H groups in total. The summed E-state index contributed by atoms with van der Waals surface area (Å²) in [5.41, 5.74) is 0.751. The number of rotatable bonds is 7. The summed E-state index contributed by atoms with van der Waals surface area (Å²) in [4.78, 5) is 4.51. The average molecular weight is 410 g/mol. The van der Waals surface area contributed by atoms with Gasteiger partial charge in [0, 0.05) is 50.0 Å². The quantitative estimate of drug-likeness (QED) is 0.764. The second-order valence-corrected chi connectivity index (χ2v) is 8.82. The Hall–Kier alpha value is -2.03. The van der Waals surface area contributed by atoms with Gasteiger partial charge >= 0.3 is 0 Å². The molecule has 1 saturated heterocycles. The van der Waals surface area contributed by atoms with Crippen LogP contribution in [-0.4, -0.2) is 52.1 Å². The van der Waals surface area contributed by atoms with Crippen LogP contribution in [0.2, 0.25) is 0 Å². The summed E-state index contributed by atoms with van der Waals surface area (Å²) in [7, 11) is -3.83. The Morgan fingerprint density at radius 2 is 1.57 bits per heavy atom. The smallest absolute Gasteiger partial charge is 0.216 e. The molecule has 2 aromatic carbocycles. The van der Waals surface area contributed by atoms with E-state index in [4.69, 9.17) is 0 Å². The van der Waals surface area contributed by atoms with Crippen molar-refractivity contribution in [1.82, 2.24) is 9.62 Å². The lowest BCUT2D eigenvalue weighted by atomic mass is 10.2. The molecule has 0 saturated carbocycles. The van der Waals surface area contributed by atoms with Crippen molar-refractivity contribution in [3.63, 3.8) is 0 Å². The van der Waals surface area contributed by atoms with Crippen molar-refractivity contribution >= 4 is 15.7 Å². The monoisotopic (exact) mass is 409 g/mol. The normalized spacial score (nSPS) is 16.9. The minimum absolute atomic E-state index is 0.0156. The molecule has 0 radical (unpaired) electrons. The van der Waals surface area contributed by atoms with Gasteiger partial charge in [0.05, 0.1) is 5.75 Å². The first-order valence-electron chi connectivity index (χ1n) is 9.30. The molecule has 0 aromatic heterocycles. The van der Waals surface area contributed by atoms with Crippen molar-refractivity contribution in [2.45, 2.75) is 18.7 Å². The van der Waals surface area contributed by atoms with Gasteiger partial charge in [0.15, 0.2) is 0 Å². The standard InChI is InChI=1S/C20H25F2N3O2S/c1-16(24-10-12-25(13-11-24)17-6-3-2-4-7-17)14-23-28(26,27)15-18-19(21)8-5-9-20(18)22/h2-9,16,23H,10-15H2,1H3/t16-/m1/s1. The van der Waals surface area contributed by atoms with Gasteiger partial charge in [0.2, 0.25) is 10.0 Å². The van der Waals surface area contributed by atoms with Gasteiger partial charge in [0.1, 0.15) is 11.6 Å². The summed E-state index contributed by atoms with van der Waals surface area (Å²) in [5, 5.41) is 0. The van der Waals surface area contributed by atoms with Crippen molar-refractivity contribution in [3.05, 3.63) is 65.7 Å². The molecule has 3 rings (SSSR count). The van der Waals surface area contributed by atoms with E-state index in [1.807, 2.05) is 25.1 Å². The highest BCUT2D eigenvalue weighted by molar-refractivity contribution is 7.88. The van der Waals surface area contributed by atoms with Crippen molar-refractivity contribution in [2.75, 3.05) is 37.6 Å². The Balaban J connectivity index is 1.51. The van der Waals surface area contributed by atoms with Gasteiger partial charge in [-0.1, -0.05) is 24.3 Å². The highest BCUT2D eigenvalue weighted by Gasteiger charge is 2.23. The molecule has 1 atom stereocenters. The lowest BCUT2D eigenvalue weighted by Crippen LogP contribution is -2.52. The van der Waals surface area contributed by atoms with Gasteiger partial charge in [-0.15, -0.1) is 0 Å². The molecule has 0 spiro atoms. The van der Waals surface area contributed by atoms with Gasteiger partial charge in [-0.3, -0.25) is 4.90 Å². The molecule has 0 unspecified atom stereocenters. The predicted octanol–water partition coefficient (Wildman–Crippen LogP) is 2.59. The number of sulfonamides is 1. The largest absolute Gasteiger partial charge is 0.369 e. The van der Waals surface area contributed by atoms with Crippen molar-refractivity contribution < 1.29 is 17.2 Å². The first kappa shape index (κ1) is 20.7. The molecule has 0 aliphatic carbocycles. The van der Waals surface area contributed by atoms with E-state index in [9.17, 15) is 17.2 Å². The Kier molecular flexibility index (Phi) is 6.64. The van der Waals surface area contributed by atoms with Crippen molar-refractivity contribution in [3.8, 4) is 0 Å². The SMILES string of the molecule is C[C@H](CNS(=O)(=O)Cc1c(F)cccc1F)N1CCN(c2ccccc2)CC1. The van der Waals surface area contributed by atoms with E-state index < -0.39 is 33.0 Å². The third kappa shape index (κ3) is 5.27. The van der Waals surface area contributed by atoms with E-state index in [-0.39, 0.29) is 12.6 Å². The van der Waals surface area contributed by atoms with Crippen LogP contribution < -0.4 is 9.62 Å². The van der Waals surface area contributed by atoms with Crippen molar-refractivity contribution in [1.29, 1.82) is 0 Å². The minimum Gasteiger partial charge on any atom is -0.369 e. The number of hydrogen-bond acceptors (Lipinski definition) is 4. The zero-order valence-electron chi connectivity index (χ0n) is 15.8. The molecule has 28 heavy (non-hydrogen) atoms. The Morgan fingerprint density at radius 3 is 2.18 bits per heavy atom. The zero-order valence-corrected chi connectivity index (χ0v) is 16.6. The maximum Gasteiger partial charge on any atom is 0.216 e. The molecule has 1 heterocycles. The van der Waals surface area contributed by atoms with Gasteiger partial charge in [-0.25, -0.2) is 21.9 Å². The van der Waals surface area contributed by atoms with Crippen LogP contribution in [0.1, 0.15) is 12.5 Å².